The van der Waals surface area contributed by atoms with Crippen molar-refractivity contribution in [2.45, 2.75) is 20.8 Å². The second-order valence-electron chi connectivity index (χ2n) is 4.32. The molecular weight excluding hydrogens is 214 g/mol. The molecule has 0 bridgehead atoms. The highest BCUT2D eigenvalue weighted by Crippen LogP contribution is 2.09. The van der Waals surface area contributed by atoms with Crippen LogP contribution in [0.1, 0.15) is 29.9 Å². The Kier molecular flexibility index (Phi) is 5.10. The molecular formula is C13H21N3O. The van der Waals surface area contributed by atoms with Gasteiger partial charge >= 0.3 is 0 Å². The monoisotopic (exact) mass is 235 g/mol. The molecule has 1 aromatic rings. The Balaban J connectivity index is 2.83. The van der Waals surface area contributed by atoms with Gasteiger partial charge in [-0.25, -0.2) is 0 Å². The van der Waals surface area contributed by atoms with E-state index >= 15 is 0 Å². The number of pyridine rings is 1. The van der Waals surface area contributed by atoms with Crippen molar-refractivity contribution in [2.75, 3.05) is 19.6 Å². The lowest BCUT2D eigenvalue weighted by Crippen LogP contribution is -2.37. The fraction of sp³-hybridized carbons (Fsp3) is 0.538. The van der Waals surface area contributed by atoms with Gasteiger partial charge < -0.3 is 10.6 Å². The SMILES string of the molecule is CCN(CC(C)CN)C(=O)c1cccnc1C. The van der Waals surface area contributed by atoms with Gasteiger partial charge in [-0.05, 0) is 38.4 Å². The summed E-state index contributed by atoms with van der Waals surface area (Å²) in [7, 11) is 0. The van der Waals surface area contributed by atoms with E-state index in [2.05, 4.69) is 4.98 Å². The number of nitrogens with zero attached hydrogens (tertiary/aromatic N) is 2. The molecule has 1 atom stereocenters. The molecule has 17 heavy (non-hydrogen) atoms. The Bertz CT molecular complexity index is 379. The standard InChI is InChI=1S/C13H21N3O/c1-4-16(9-10(2)8-14)13(17)12-6-5-7-15-11(12)3/h5-7,10H,4,8-9,14H2,1-3H3. The topological polar surface area (TPSA) is 59.2 Å². The van der Waals surface area contributed by atoms with Gasteiger partial charge in [-0.3, -0.25) is 9.78 Å². The van der Waals surface area contributed by atoms with Gasteiger partial charge in [0.25, 0.3) is 5.91 Å². The Morgan fingerprint density at radius 2 is 2.29 bits per heavy atom. The third-order valence-electron chi connectivity index (χ3n) is 2.84. The summed E-state index contributed by atoms with van der Waals surface area (Å²) in [6, 6.07) is 3.61. The number of hydrogen-bond donors (Lipinski definition) is 1. The third kappa shape index (κ3) is 3.53. The van der Waals surface area contributed by atoms with E-state index in [1.165, 1.54) is 0 Å². The van der Waals surface area contributed by atoms with Crippen LogP contribution in [0.15, 0.2) is 18.3 Å². The van der Waals surface area contributed by atoms with Crippen molar-refractivity contribution >= 4 is 5.91 Å². The number of rotatable bonds is 5. The van der Waals surface area contributed by atoms with Crippen LogP contribution in [0.5, 0.6) is 0 Å². The Labute approximate surface area is 103 Å². The number of aromatic nitrogens is 1. The molecule has 0 saturated heterocycles. The van der Waals surface area contributed by atoms with Gasteiger partial charge in [0.2, 0.25) is 0 Å². The first kappa shape index (κ1) is 13.6. The normalized spacial score (nSPS) is 12.2. The molecule has 1 rings (SSSR count). The maximum atomic E-state index is 12.3. The molecule has 4 nitrogen and oxygen atoms in total. The maximum Gasteiger partial charge on any atom is 0.255 e. The van der Waals surface area contributed by atoms with Crippen LogP contribution in [-0.2, 0) is 0 Å². The van der Waals surface area contributed by atoms with Crippen LogP contribution in [0.25, 0.3) is 0 Å². The lowest BCUT2D eigenvalue weighted by atomic mass is 10.1. The molecule has 0 fully saturated rings. The summed E-state index contributed by atoms with van der Waals surface area (Å²) < 4.78 is 0. The van der Waals surface area contributed by atoms with E-state index in [9.17, 15) is 4.79 Å². The van der Waals surface area contributed by atoms with Crippen molar-refractivity contribution in [3.8, 4) is 0 Å². The summed E-state index contributed by atoms with van der Waals surface area (Å²) in [6.07, 6.45) is 1.70. The van der Waals surface area contributed by atoms with Gasteiger partial charge in [0, 0.05) is 25.0 Å². The van der Waals surface area contributed by atoms with Gasteiger partial charge in [0.05, 0.1) is 5.56 Å². The number of amides is 1. The predicted molar refractivity (Wildman–Crippen MR) is 68.8 cm³/mol. The first-order valence-electron chi connectivity index (χ1n) is 6.01. The van der Waals surface area contributed by atoms with E-state index in [4.69, 9.17) is 5.73 Å². The quantitative estimate of drug-likeness (QED) is 0.840. The van der Waals surface area contributed by atoms with Gasteiger partial charge in [0.15, 0.2) is 0 Å². The van der Waals surface area contributed by atoms with Crippen molar-refractivity contribution in [1.29, 1.82) is 0 Å². The molecule has 0 aliphatic heterocycles. The van der Waals surface area contributed by atoms with Crippen LogP contribution < -0.4 is 5.73 Å². The summed E-state index contributed by atoms with van der Waals surface area (Å²) in [4.78, 5) is 18.3. The smallest absolute Gasteiger partial charge is 0.255 e. The molecule has 1 aromatic heterocycles. The minimum atomic E-state index is 0.0402. The maximum absolute atomic E-state index is 12.3. The molecule has 0 saturated carbocycles. The fourth-order valence-corrected chi connectivity index (χ4v) is 1.69. The molecule has 4 heteroatoms. The summed E-state index contributed by atoms with van der Waals surface area (Å²) >= 11 is 0. The number of nitrogens with two attached hydrogens (primary N) is 1. The van der Waals surface area contributed by atoms with Crippen LogP contribution in [0.2, 0.25) is 0 Å². The molecule has 1 unspecified atom stereocenters. The lowest BCUT2D eigenvalue weighted by Gasteiger charge is -2.24. The van der Waals surface area contributed by atoms with Gasteiger partial charge in [-0.2, -0.15) is 0 Å². The zero-order valence-electron chi connectivity index (χ0n) is 10.8. The van der Waals surface area contributed by atoms with Crippen LogP contribution in [0.3, 0.4) is 0 Å². The minimum Gasteiger partial charge on any atom is -0.339 e. The molecule has 1 heterocycles. The average molecular weight is 235 g/mol. The summed E-state index contributed by atoms with van der Waals surface area (Å²) in [5.74, 6) is 0.356. The van der Waals surface area contributed by atoms with Crippen molar-refractivity contribution in [3.63, 3.8) is 0 Å². The molecule has 94 valence electrons. The molecule has 0 aliphatic carbocycles. The van der Waals surface area contributed by atoms with E-state index in [1.807, 2.05) is 31.7 Å². The number of carbonyl (C=O) groups excluding carboxylic acids is 1. The Morgan fingerprint density at radius 1 is 1.59 bits per heavy atom. The van der Waals surface area contributed by atoms with E-state index in [0.717, 1.165) is 5.69 Å². The summed E-state index contributed by atoms with van der Waals surface area (Å²) in [5, 5.41) is 0. The van der Waals surface area contributed by atoms with E-state index in [-0.39, 0.29) is 5.91 Å². The second kappa shape index (κ2) is 6.35. The molecule has 2 N–H and O–H groups in total. The Morgan fingerprint density at radius 3 is 2.82 bits per heavy atom. The van der Waals surface area contributed by atoms with Gasteiger partial charge in [-0.1, -0.05) is 6.92 Å². The zero-order valence-corrected chi connectivity index (χ0v) is 10.8. The average Bonchev–Trinajstić information content (AvgIpc) is 2.35. The second-order valence-corrected chi connectivity index (χ2v) is 4.32. The van der Waals surface area contributed by atoms with Gasteiger partial charge in [0.1, 0.15) is 0 Å². The third-order valence-corrected chi connectivity index (χ3v) is 2.84. The molecule has 0 spiro atoms. The number of carbonyl (C=O) groups is 1. The first-order valence-corrected chi connectivity index (χ1v) is 6.01. The first-order chi connectivity index (χ1) is 8.10. The minimum absolute atomic E-state index is 0.0402. The van der Waals surface area contributed by atoms with Crippen LogP contribution in [0.4, 0.5) is 0 Å². The fourth-order valence-electron chi connectivity index (χ4n) is 1.69. The van der Waals surface area contributed by atoms with Gasteiger partial charge in [-0.15, -0.1) is 0 Å². The molecule has 0 radical (unpaired) electrons. The lowest BCUT2D eigenvalue weighted by molar-refractivity contribution is 0.0742. The van der Waals surface area contributed by atoms with E-state index < -0.39 is 0 Å². The molecule has 0 aliphatic rings. The van der Waals surface area contributed by atoms with Crippen LogP contribution >= 0.6 is 0 Å². The van der Waals surface area contributed by atoms with Crippen molar-refractivity contribution in [3.05, 3.63) is 29.6 Å². The van der Waals surface area contributed by atoms with Crippen LogP contribution in [0, 0.1) is 12.8 Å². The highest BCUT2D eigenvalue weighted by atomic mass is 16.2. The highest BCUT2D eigenvalue weighted by Gasteiger charge is 2.17. The zero-order chi connectivity index (χ0) is 12.8. The highest BCUT2D eigenvalue weighted by molar-refractivity contribution is 5.95. The molecule has 1 amide bonds. The number of aryl methyl sites for hydroxylation is 1. The predicted octanol–water partition coefficient (Wildman–Crippen LogP) is 1.45. The van der Waals surface area contributed by atoms with Crippen molar-refractivity contribution in [2.24, 2.45) is 11.7 Å². The van der Waals surface area contributed by atoms with Crippen molar-refractivity contribution in [1.82, 2.24) is 9.88 Å². The van der Waals surface area contributed by atoms with Crippen molar-refractivity contribution < 1.29 is 4.79 Å². The largest absolute Gasteiger partial charge is 0.339 e. The number of hydrogen-bond acceptors (Lipinski definition) is 3. The Hall–Kier alpha value is -1.42. The summed E-state index contributed by atoms with van der Waals surface area (Å²) in [6.45, 7) is 7.86. The van der Waals surface area contributed by atoms with E-state index in [0.29, 0.717) is 31.1 Å². The molecule has 0 aromatic carbocycles. The van der Waals surface area contributed by atoms with E-state index in [1.54, 1.807) is 12.3 Å². The summed E-state index contributed by atoms with van der Waals surface area (Å²) in [5.41, 5.74) is 7.05. The van der Waals surface area contributed by atoms with Crippen LogP contribution in [-0.4, -0.2) is 35.4 Å².